The number of carbonyl (C=O) groups is 1. The highest BCUT2D eigenvalue weighted by atomic mass is 79.9. The molecule has 1 N–H and O–H groups in total. The van der Waals surface area contributed by atoms with E-state index in [9.17, 15) is 9.90 Å². The Morgan fingerprint density at radius 2 is 2.14 bits per heavy atom. The number of allylic oxidation sites excluding steroid dienone is 2. The second kappa shape index (κ2) is 5.77. The van der Waals surface area contributed by atoms with Crippen LogP contribution in [0.1, 0.15) is 24.7 Å². The van der Waals surface area contributed by atoms with Gasteiger partial charge in [-0.1, -0.05) is 17.3 Å². The predicted octanol–water partition coefficient (Wildman–Crippen LogP) is 3.03. The van der Waals surface area contributed by atoms with Gasteiger partial charge in [-0.2, -0.15) is 4.98 Å². The fraction of sp³-hybridized carbons (Fsp3) is 0.286. The van der Waals surface area contributed by atoms with E-state index in [-0.39, 0.29) is 5.92 Å². The predicted molar refractivity (Wildman–Crippen MR) is 77.5 cm³/mol. The van der Waals surface area contributed by atoms with E-state index in [0.717, 1.165) is 10.0 Å². The summed E-state index contributed by atoms with van der Waals surface area (Å²) >= 11 is 3.34. The third-order valence-electron chi connectivity index (χ3n) is 3.47. The molecule has 0 amide bonds. The van der Waals surface area contributed by atoms with Crippen molar-refractivity contribution >= 4 is 21.9 Å². The lowest BCUT2D eigenvalue weighted by molar-refractivity contribution is -0.142. The molecule has 0 fully saturated rings. The number of pyridine rings is 1. The van der Waals surface area contributed by atoms with Crippen molar-refractivity contribution in [3.63, 3.8) is 0 Å². The molecule has 0 saturated carbocycles. The molecular weight excluding hydrogens is 338 g/mol. The molecule has 21 heavy (non-hydrogen) atoms. The van der Waals surface area contributed by atoms with E-state index in [2.05, 4.69) is 31.1 Å². The zero-order chi connectivity index (χ0) is 14.8. The van der Waals surface area contributed by atoms with Crippen molar-refractivity contribution in [2.24, 2.45) is 5.92 Å². The van der Waals surface area contributed by atoms with Gasteiger partial charge in [0, 0.05) is 22.4 Å². The first-order chi connectivity index (χ1) is 10.1. The van der Waals surface area contributed by atoms with Gasteiger partial charge in [0.05, 0.1) is 11.8 Å². The lowest BCUT2D eigenvalue weighted by Gasteiger charge is -2.21. The van der Waals surface area contributed by atoms with Gasteiger partial charge < -0.3 is 9.63 Å². The van der Waals surface area contributed by atoms with E-state index in [0.29, 0.717) is 24.6 Å². The number of nitrogens with zero attached hydrogens (tertiary/aromatic N) is 3. The second-order valence-corrected chi connectivity index (χ2v) is 5.76. The number of aliphatic carboxylic acids is 1. The Balaban J connectivity index is 1.91. The van der Waals surface area contributed by atoms with Crippen molar-refractivity contribution in [3.05, 3.63) is 41.0 Å². The highest BCUT2D eigenvalue weighted by Crippen LogP contribution is 2.34. The zero-order valence-electron chi connectivity index (χ0n) is 10.9. The second-order valence-electron chi connectivity index (χ2n) is 4.84. The number of hydrogen-bond donors (Lipinski definition) is 1. The van der Waals surface area contributed by atoms with E-state index in [1.807, 2.05) is 18.2 Å². The van der Waals surface area contributed by atoms with Crippen molar-refractivity contribution in [1.29, 1.82) is 0 Å². The topological polar surface area (TPSA) is 89.1 Å². The maximum absolute atomic E-state index is 11.3. The molecule has 0 bridgehead atoms. The molecule has 108 valence electrons. The molecule has 1 aliphatic rings. The van der Waals surface area contributed by atoms with Gasteiger partial charge in [0.2, 0.25) is 11.7 Å². The van der Waals surface area contributed by atoms with Crippen LogP contribution in [0.5, 0.6) is 0 Å². The molecule has 0 saturated heterocycles. The van der Waals surface area contributed by atoms with E-state index in [1.165, 1.54) is 0 Å². The van der Waals surface area contributed by atoms with Crippen molar-refractivity contribution in [1.82, 2.24) is 15.1 Å². The third kappa shape index (κ3) is 2.87. The van der Waals surface area contributed by atoms with E-state index >= 15 is 0 Å². The van der Waals surface area contributed by atoms with Gasteiger partial charge in [-0.3, -0.25) is 9.78 Å². The minimum absolute atomic E-state index is 0.283. The number of halogens is 1. The number of aromatic nitrogens is 3. The fourth-order valence-electron chi connectivity index (χ4n) is 2.40. The van der Waals surface area contributed by atoms with Gasteiger partial charge >= 0.3 is 5.97 Å². The third-order valence-corrected chi connectivity index (χ3v) is 3.91. The van der Waals surface area contributed by atoms with Crippen LogP contribution in [0.2, 0.25) is 0 Å². The number of carboxylic acids is 1. The monoisotopic (exact) mass is 349 g/mol. The Morgan fingerprint density at radius 3 is 2.90 bits per heavy atom. The number of hydrogen-bond acceptors (Lipinski definition) is 5. The summed E-state index contributed by atoms with van der Waals surface area (Å²) in [7, 11) is 0. The summed E-state index contributed by atoms with van der Waals surface area (Å²) < 4.78 is 6.09. The van der Waals surface area contributed by atoms with Crippen LogP contribution in [0.15, 0.2) is 39.6 Å². The molecule has 2 aromatic heterocycles. The molecule has 0 aromatic carbocycles. The average Bonchev–Trinajstić information content (AvgIpc) is 2.97. The maximum Gasteiger partial charge on any atom is 0.307 e. The lowest BCUT2D eigenvalue weighted by Crippen LogP contribution is -2.23. The molecule has 2 atom stereocenters. The molecule has 7 heteroatoms. The quantitative estimate of drug-likeness (QED) is 0.856. The van der Waals surface area contributed by atoms with Crippen molar-refractivity contribution in [3.8, 4) is 11.4 Å². The first kappa shape index (κ1) is 13.9. The molecule has 0 unspecified atom stereocenters. The van der Waals surface area contributed by atoms with Gasteiger partial charge in [0.25, 0.3) is 0 Å². The van der Waals surface area contributed by atoms with Gasteiger partial charge in [0.1, 0.15) is 0 Å². The highest BCUT2D eigenvalue weighted by molar-refractivity contribution is 9.10. The van der Waals surface area contributed by atoms with Crippen LogP contribution < -0.4 is 0 Å². The van der Waals surface area contributed by atoms with Crippen LogP contribution in [-0.2, 0) is 4.79 Å². The Labute approximate surface area is 129 Å². The normalized spacial score (nSPS) is 21.4. The van der Waals surface area contributed by atoms with Crippen LogP contribution in [0.3, 0.4) is 0 Å². The Bertz CT molecular complexity index is 698. The molecule has 6 nitrogen and oxygen atoms in total. The SMILES string of the molecule is O=C(O)[C@H]1CC=CC[C@H]1c1nc(-c2cncc(Br)c2)no1. The maximum atomic E-state index is 11.3. The number of rotatable bonds is 3. The summed E-state index contributed by atoms with van der Waals surface area (Å²) in [5, 5.41) is 13.2. The van der Waals surface area contributed by atoms with Crippen LogP contribution in [-0.4, -0.2) is 26.2 Å². The molecule has 1 aliphatic carbocycles. The summed E-state index contributed by atoms with van der Waals surface area (Å²) in [6.07, 6.45) is 8.21. The van der Waals surface area contributed by atoms with E-state index in [4.69, 9.17) is 4.52 Å². The summed E-state index contributed by atoms with van der Waals surface area (Å²) in [5.74, 6) is -0.870. The van der Waals surface area contributed by atoms with Crippen LogP contribution in [0, 0.1) is 5.92 Å². The first-order valence-electron chi connectivity index (χ1n) is 6.47. The molecule has 0 aliphatic heterocycles. The minimum atomic E-state index is -0.840. The van der Waals surface area contributed by atoms with Crippen LogP contribution in [0.4, 0.5) is 0 Å². The smallest absolute Gasteiger partial charge is 0.307 e. The molecule has 0 spiro atoms. The lowest BCUT2D eigenvalue weighted by atomic mass is 9.83. The van der Waals surface area contributed by atoms with Crippen LogP contribution in [0.25, 0.3) is 11.4 Å². The van der Waals surface area contributed by atoms with Crippen LogP contribution >= 0.6 is 15.9 Å². The molecule has 0 radical (unpaired) electrons. The van der Waals surface area contributed by atoms with E-state index in [1.54, 1.807) is 12.4 Å². The van der Waals surface area contributed by atoms with Gasteiger partial charge in [-0.15, -0.1) is 0 Å². The molecule has 2 heterocycles. The summed E-state index contributed by atoms with van der Waals surface area (Å²) in [4.78, 5) is 19.7. The average molecular weight is 350 g/mol. The van der Waals surface area contributed by atoms with Crippen molar-refractivity contribution < 1.29 is 14.4 Å². The van der Waals surface area contributed by atoms with Gasteiger partial charge in [0.15, 0.2) is 0 Å². The summed E-state index contributed by atoms with van der Waals surface area (Å²) in [5.41, 5.74) is 0.720. The summed E-state index contributed by atoms with van der Waals surface area (Å²) in [6, 6.07) is 1.83. The minimum Gasteiger partial charge on any atom is -0.481 e. The highest BCUT2D eigenvalue weighted by Gasteiger charge is 2.34. The Hall–Kier alpha value is -2.02. The van der Waals surface area contributed by atoms with E-state index < -0.39 is 11.9 Å². The fourth-order valence-corrected chi connectivity index (χ4v) is 2.76. The summed E-state index contributed by atoms with van der Waals surface area (Å²) in [6.45, 7) is 0. The Kier molecular flexibility index (Phi) is 3.83. The van der Waals surface area contributed by atoms with Gasteiger partial charge in [-0.05, 0) is 34.8 Å². The number of carboxylic acid groups (broad SMARTS) is 1. The standard InChI is InChI=1S/C14H12BrN3O3/c15-9-5-8(6-16-7-9)12-17-13(21-18-12)10-3-1-2-4-11(10)14(19)20/h1-2,5-7,10-11H,3-4H2,(H,19,20)/t10-,11+/m1/s1. The van der Waals surface area contributed by atoms with Gasteiger partial charge in [-0.25, -0.2) is 0 Å². The molecular formula is C14H12BrN3O3. The van der Waals surface area contributed by atoms with Crippen molar-refractivity contribution in [2.45, 2.75) is 18.8 Å². The first-order valence-corrected chi connectivity index (χ1v) is 7.27. The molecule has 2 aromatic rings. The van der Waals surface area contributed by atoms with Crippen molar-refractivity contribution in [2.75, 3.05) is 0 Å². The largest absolute Gasteiger partial charge is 0.481 e. The zero-order valence-corrected chi connectivity index (χ0v) is 12.5. The Morgan fingerprint density at radius 1 is 1.33 bits per heavy atom. The molecule has 3 rings (SSSR count).